The number of ether oxygens (including phenoxy) is 4. The molecule has 256 valence electrons. The number of rotatable bonds is 9. The molecule has 3 fully saturated rings. The highest BCUT2D eigenvalue weighted by Gasteiger charge is 2.49. The van der Waals surface area contributed by atoms with Crippen molar-refractivity contribution >= 4 is 39.1 Å². The molecule has 3 aliphatic heterocycles. The minimum absolute atomic E-state index is 0.00773. The maximum absolute atomic E-state index is 17.3. The van der Waals surface area contributed by atoms with E-state index in [-0.39, 0.29) is 41.4 Å². The first-order chi connectivity index (χ1) is 23.2. The van der Waals surface area contributed by atoms with E-state index in [1.807, 2.05) is 6.92 Å². The van der Waals surface area contributed by atoms with Crippen molar-refractivity contribution in [3.63, 3.8) is 0 Å². The molecule has 0 saturated carbocycles. The van der Waals surface area contributed by atoms with Crippen LogP contribution < -0.4 is 14.4 Å². The molecule has 1 unspecified atom stereocenters. The highest BCUT2D eigenvalue weighted by molar-refractivity contribution is 6.35. The van der Waals surface area contributed by atoms with Gasteiger partial charge < -0.3 is 23.8 Å². The molecular weight excluding hydrogens is 645 g/mol. The van der Waals surface area contributed by atoms with E-state index in [9.17, 15) is 4.39 Å². The molecule has 0 bridgehead atoms. The van der Waals surface area contributed by atoms with Gasteiger partial charge in [0.1, 0.15) is 35.7 Å². The Balaban J connectivity index is 1.41. The third-order valence-electron chi connectivity index (χ3n) is 9.92. The summed E-state index contributed by atoms with van der Waals surface area (Å²) >= 11 is 7.00. The molecule has 0 amide bonds. The lowest BCUT2D eigenvalue weighted by Crippen LogP contribution is -2.43. The predicted molar refractivity (Wildman–Crippen MR) is 180 cm³/mol. The number of benzene rings is 3. The molecule has 48 heavy (non-hydrogen) atoms. The van der Waals surface area contributed by atoms with Crippen LogP contribution in [0.5, 0.6) is 11.8 Å². The maximum atomic E-state index is 17.3. The van der Waals surface area contributed by atoms with Crippen molar-refractivity contribution in [2.75, 3.05) is 64.8 Å². The largest absolute Gasteiger partial charge is 0.468 e. The Morgan fingerprint density at radius 2 is 1.96 bits per heavy atom. The van der Waals surface area contributed by atoms with Crippen LogP contribution in [0.2, 0.25) is 5.02 Å². The van der Waals surface area contributed by atoms with Gasteiger partial charge in [-0.1, -0.05) is 31.5 Å². The average Bonchev–Trinajstić information content (AvgIpc) is 3.50. The lowest BCUT2D eigenvalue weighted by atomic mass is 9.92. The topological polar surface area (TPSA) is 69.2 Å². The normalized spacial score (nSPS) is 23.2. The van der Waals surface area contributed by atoms with E-state index < -0.39 is 23.3 Å². The molecule has 4 heterocycles. The zero-order valence-corrected chi connectivity index (χ0v) is 28.2. The monoisotopic (exact) mass is 684 g/mol. The smallest absolute Gasteiger partial charge is 0.319 e. The van der Waals surface area contributed by atoms with E-state index in [4.69, 9.17) is 35.5 Å². The molecule has 0 radical (unpaired) electrons. The summed E-state index contributed by atoms with van der Waals surface area (Å²) in [6.07, 6.45) is 1.61. The number of fused-ring (bicyclic) bond motifs is 3. The van der Waals surface area contributed by atoms with Gasteiger partial charge in [0.05, 0.1) is 23.8 Å². The second-order valence-electron chi connectivity index (χ2n) is 13.3. The van der Waals surface area contributed by atoms with E-state index in [0.29, 0.717) is 84.5 Å². The van der Waals surface area contributed by atoms with Crippen molar-refractivity contribution in [2.24, 2.45) is 5.92 Å². The fourth-order valence-corrected chi connectivity index (χ4v) is 8.07. The molecule has 3 aliphatic rings. The highest BCUT2D eigenvalue weighted by Crippen LogP contribution is 2.45. The van der Waals surface area contributed by atoms with Crippen LogP contribution in [0.3, 0.4) is 0 Å². The fraction of sp³-hybridized carbons (Fsp3) is 0.500. The SMILES string of the molecule is CCc1c(F)ccc2cc(OCOC)cc(-c3c(Cl)cc4c(N5CCOCC(C)C5)nc(OC[C@@]56CCCN5C[C@H](F)C6)nc4c3F)c12. The number of nitrogens with zero attached hydrogens (tertiary/aromatic N) is 4. The molecular formula is C36H40ClF3N4O4. The molecule has 3 saturated heterocycles. The average molecular weight is 685 g/mol. The standard InChI is InChI=1S/C36H40ClF3N4O4/c1-4-25-29(39)7-6-22-12-24(48-20-45-3)13-26(30(22)25)31-28(37)14-27-33(32(31)40)41-35(42-34(27)43-10-11-46-18-21(2)16-43)47-19-36-8-5-9-44(36)17-23(38)15-36/h6-7,12-14,21,23H,4-5,8-11,15-20H2,1-3H3/t21?,23-,36+/m1/s1. The van der Waals surface area contributed by atoms with Gasteiger partial charge in [-0.15, -0.1) is 0 Å². The van der Waals surface area contributed by atoms with Gasteiger partial charge in [-0.25, -0.2) is 13.2 Å². The number of hydrogen-bond donors (Lipinski definition) is 0. The van der Waals surface area contributed by atoms with Gasteiger partial charge in [0.25, 0.3) is 0 Å². The van der Waals surface area contributed by atoms with Gasteiger partial charge >= 0.3 is 6.01 Å². The Hall–Kier alpha value is -3.38. The molecule has 3 aromatic carbocycles. The maximum Gasteiger partial charge on any atom is 0.319 e. The van der Waals surface area contributed by atoms with Gasteiger partial charge in [0.2, 0.25) is 0 Å². The third kappa shape index (κ3) is 6.03. The quantitative estimate of drug-likeness (QED) is 0.170. The summed E-state index contributed by atoms with van der Waals surface area (Å²) in [6, 6.07) is 8.16. The lowest BCUT2D eigenvalue weighted by Gasteiger charge is -2.31. The summed E-state index contributed by atoms with van der Waals surface area (Å²) in [6.45, 7) is 7.52. The van der Waals surface area contributed by atoms with Crippen LogP contribution in [0, 0.1) is 17.6 Å². The van der Waals surface area contributed by atoms with Gasteiger partial charge in [0.15, 0.2) is 12.6 Å². The Labute approximate surface area is 283 Å². The lowest BCUT2D eigenvalue weighted by molar-refractivity contribution is 0.0512. The summed E-state index contributed by atoms with van der Waals surface area (Å²) in [5.74, 6) is 0.00727. The molecule has 8 nitrogen and oxygen atoms in total. The minimum Gasteiger partial charge on any atom is -0.468 e. The highest BCUT2D eigenvalue weighted by atomic mass is 35.5. The van der Waals surface area contributed by atoms with Crippen molar-refractivity contribution in [1.82, 2.24) is 14.9 Å². The molecule has 0 spiro atoms. The zero-order chi connectivity index (χ0) is 33.6. The van der Waals surface area contributed by atoms with Crippen molar-refractivity contribution in [1.29, 1.82) is 0 Å². The fourth-order valence-electron chi connectivity index (χ4n) is 7.77. The predicted octanol–water partition coefficient (Wildman–Crippen LogP) is 7.35. The second kappa shape index (κ2) is 13.5. The molecule has 1 aromatic heterocycles. The van der Waals surface area contributed by atoms with Crippen LogP contribution in [0.4, 0.5) is 19.0 Å². The molecule has 4 aromatic rings. The Morgan fingerprint density at radius 3 is 2.77 bits per heavy atom. The second-order valence-corrected chi connectivity index (χ2v) is 13.7. The Morgan fingerprint density at radius 1 is 1.10 bits per heavy atom. The molecule has 7 rings (SSSR count). The van der Waals surface area contributed by atoms with E-state index in [1.165, 1.54) is 13.2 Å². The van der Waals surface area contributed by atoms with Gasteiger partial charge in [-0.05, 0) is 77.9 Å². The molecule has 0 aliphatic carbocycles. The van der Waals surface area contributed by atoms with Crippen molar-refractivity contribution in [3.05, 3.63) is 52.6 Å². The Kier molecular flexibility index (Phi) is 9.32. The van der Waals surface area contributed by atoms with Crippen LogP contribution in [0.25, 0.3) is 32.8 Å². The first-order valence-corrected chi connectivity index (χ1v) is 17.0. The first-order valence-electron chi connectivity index (χ1n) is 16.6. The number of aromatic nitrogens is 2. The molecule has 3 atom stereocenters. The molecule has 0 N–H and O–H groups in total. The van der Waals surface area contributed by atoms with Crippen LogP contribution in [-0.4, -0.2) is 86.5 Å². The van der Waals surface area contributed by atoms with E-state index in [0.717, 1.165) is 19.4 Å². The van der Waals surface area contributed by atoms with Crippen LogP contribution in [-0.2, 0) is 15.9 Å². The van der Waals surface area contributed by atoms with Crippen LogP contribution >= 0.6 is 11.6 Å². The minimum atomic E-state index is -0.918. The summed E-state index contributed by atoms with van der Waals surface area (Å²) < 4.78 is 70.0. The number of methoxy groups -OCH3 is 1. The van der Waals surface area contributed by atoms with E-state index in [1.54, 1.807) is 24.3 Å². The summed E-state index contributed by atoms with van der Waals surface area (Å²) in [7, 11) is 1.51. The number of hydrogen-bond acceptors (Lipinski definition) is 8. The zero-order valence-electron chi connectivity index (χ0n) is 27.5. The number of aryl methyl sites for hydroxylation is 1. The number of anilines is 1. The summed E-state index contributed by atoms with van der Waals surface area (Å²) in [5.41, 5.74) is 0.463. The summed E-state index contributed by atoms with van der Waals surface area (Å²) in [4.78, 5) is 13.7. The molecule has 12 heteroatoms. The van der Waals surface area contributed by atoms with Gasteiger partial charge in [-0.2, -0.15) is 9.97 Å². The van der Waals surface area contributed by atoms with Crippen LogP contribution in [0.1, 0.15) is 38.7 Å². The van der Waals surface area contributed by atoms with E-state index >= 15 is 8.78 Å². The van der Waals surface area contributed by atoms with E-state index in [2.05, 4.69) is 21.7 Å². The Bertz CT molecular complexity index is 1850. The van der Waals surface area contributed by atoms with Crippen molar-refractivity contribution in [2.45, 2.75) is 51.2 Å². The first kappa shape index (κ1) is 33.1. The van der Waals surface area contributed by atoms with Crippen molar-refractivity contribution < 1.29 is 32.1 Å². The van der Waals surface area contributed by atoms with Gasteiger partial charge in [-0.3, -0.25) is 4.90 Å². The third-order valence-corrected chi connectivity index (χ3v) is 10.2. The van der Waals surface area contributed by atoms with Gasteiger partial charge in [0, 0.05) is 44.1 Å². The van der Waals surface area contributed by atoms with Crippen molar-refractivity contribution in [3.8, 4) is 22.9 Å². The van der Waals surface area contributed by atoms with Crippen LogP contribution in [0.15, 0.2) is 30.3 Å². The number of halogens is 4. The number of alkyl halides is 1. The summed E-state index contributed by atoms with van der Waals surface area (Å²) in [5, 5.41) is 1.75.